The fourth-order valence-corrected chi connectivity index (χ4v) is 1.55. The molecule has 0 aromatic heterocycles. The molecule has 0 aromatic rings. The second kappa shape index (κ2) is 1.96. The number of hydrogen-bond donors (Lipinski definition) is 0. The average Bonchev–Trinajstić information content (AvgIpc) is 2.35. The van der Waals surface area contributed by atoms with Gasteiger partial charge in [-0.1, -0.05) is 0 Å². The Bertz CT molecular complexity index is 113. The highest BCUT2D eigenvalue weighted by Crippen LogP contribution is 2.34. The molecule has 2 nitrogen and oxygen atoms in total. The summed E-state index contributed by atoms with van der Waals surface area (Å²) in [6.07, 6.45) is 1.23. The normalized spacial score (nSPS) is 49.7. The van der Waals surface area contributed by atoms with Crippen molar-refractivity contribution in [2.24, 2.45) is 11.8 Å². The van der Waals surface area contributed by atoms with E-state index in [1.54, 1.807) is 0 Å². The van der Waals surface area contributed by atoms with Gasteiger partial charge >= 0.3 is 0 Å². The standard InChI is InChI=1S/C7H11O2/c1-5-4-9-7-6(5)2-3-8-7/h5-7H,1-4H2/t5-,6-,7+/m0/s1. The summed E-state index contributed by atoms with van der Waals surface area (Å²) in [6, 6.07) is 0. The molecular weight excluding hydrogens is 116 g/mol. The molecule has 0 saturated carbocycles. The molecule has 0 spiro atoms. The van der Waals surface area contributed by atoms with Crippen molar-refractivity contribution in [1.29, 1.82) is 0 Å². The number of hydrogen-bond acceptors (Lipinski definition) is 2. The minimum absolute atomic E-state index is 0.0903. The Morgan fingerprint density at radius 1 is 1.33 bits per heavy atom. The highest BCUT2D eigenvalue weighted by Gasteiger charge is 2.38. The lowest BCUT2D eigenvalue weighted by Crippen LogP contribution is -2.12. The van der Waals surface area contributed by atoms with Crippen molar-refractivity contribution in [1.82, 2.24) is 0 Å². The van der Waals surface area contributed by atoms with Crippen LogP contribution in [0.4, 0.5) is 0 Å². The predicted octanol–water partition coefficient (Wildman–Crippen LogP) is 0.829. The van der Waals surface area contributed by atoms with Crippen LogP contribution in [-0.4, -0.2) is 19.5 Å². The van der Waals surface area contributed by atoms with Crippen molar-refractivity contribution in [2.75, 3.05) is 13.2 Å². The predicted molar refractivity (Wildman–Crippen MR) is 32.6 cm³/mol. The molecule has 0 unspecified atom stereocenters. The Labute approximate surface area is 55.1 Å². The van der Waals surface area contributed by atoms with E-state index in [4.69, 9.17) is 9.47 Å². The molecule has 9 heavy (non-hydrogen) atoms. The minimum Gasteiger partial charge on any atom is -0.352 e. The molecule has 2 heteroatoms. The first-order valence-electron chi connectivity index (χ1n) is 3.44. The second-order valence-corrected chi connectivity index (χ2v) is 2.79. The molecule has 3 atom stereocenters. The van der Waals surface area contributed by atoms with Gasteiger partial charge in [0.1, 0.15) is 0 Å². The first-order valence-corrected chi connectivity index (χ1v) is 3.44. The van der Waals surface area contributed by atoms with Gasteiger partial charge in [-0.3, -0.25) is 0 Å². The largest absolute Gasteiger partial charge is 0.352 e. The molecule has 0 aromatic carbocycles. The number of ether oxygens (including phenoxy) is 2. The quantitative estimate of drug-likeness (QED) is 0.480. The van der Waals surface area contributed by atoms with Crippen molar-refractivity contribution in [3.8, 4) is 0 Å². The molecule has 0 aliphatic carbocycles. The molecule has 2 saturated heterocycles. The van der Waals surface area contributed by atoms with Crippen molar-refractivity contribution in [2.45, 2.75) is 12.7 Å². The Morgan fingerprint density at radius 3 is 3.00 bits per heavy atom. The highest BCUT2D eigenvalue weighted by atomic mass is 16.7. The van der Waals surface area contributed by atoms with Gasteiger partial charge in [0.2, 0.25) is 0 Å². The van der Waals surface area contributed by atoms with Crippen LogP contribution in [0.25, 0.3) is 0 Å². The fraction of sp³-hybridized carbons (Fsp3) is 0.857. The van der Waals surface area contributed by atoms with Gasteiger partial charge in [0.05, 0.1) is 13.2 Å². The second-order valence-electron chi connectivity index (χ2n) is 2.79. The van der Waals surface area contributed by atoms with Gasteiger partial charge in [-0.05, 0) is 19.3 Å². The van der Waals surface area contributed by atoms with Gasteiger partial charge in [0.25, 0.3) is 0 Å². The van der Waals surface area contributed by atoms with Gasteiger partial charge in [0, 0.05) is 5.92 Å². The maximum atomic E-state index is 5.30. The summed E-state index contributed by atoms with van der Waals surface area (Å²) in [4.78, 5) is 0. The zero-order valence-electron chi connectivity index (χ0n) is 5.38. The van der Waals surface area contributed by atoms with Gasteiger partial charge < -0.3 is 9.47 Å². The van der Waals surface area contributed by atoms with E-state index in [1.807, 2.05) is 0 Å². The summed E-state index contributed by atoms with van der Waals surface area (Å²) in [6.45, 7) is 5.62. The average molecular weight is 127 g/mol. The van der Waals surface area contributed by atoms with Gasteiger partial charge in [0.15, 0.2) is 6.29 Å². The van der Waals surface area contributed by atoms with Crippen LogP contribution in [0.1, 0.15) is 6.42 Å². The molecule has 0 bridgehead atoms. The fourth-order valence-electron chi connectivity index (χ4n) is 1.55. The SMILES string of the molecule is [CH2][C@H]1CO[C@H]2OCC[C@H]21. The van der Waals surface area contributed by atoms with Crippen LogP contribution in [0, 0.1) is 18.8 Å². The van der Waals surface area contributed by atoms with E-state index in [0.29, 0.717) is 11.8 Å². The first-order chi connectivity index (χ1) is 4.38. The maximum absolute atomic E-state index is 5.30. The molecule has 2 aliphatic heterocycles. The lowest BCUT2D eigenvalue weighted by atomic mass is 9.96. The Kier molecular flexibility index (Phi) is 1.24. The van der Waals surface area contributed by atoms with Crippen LogP contribution in [0.15, 0.2) is 0 Å². The molecule has 2 aliphatic rings. The Balaban J connectivity index is 2.07. The molecule has 0 N–H and O–H groups in total. The van der Waals surface area contributed by atoms with Gasteiger partial charge in [-0.25, -0.2) is 0 Å². The van der Waals surface area contributed by atoms with Crippen molar-refractivity contribution in [3.05, 3.63) is 6.92 Å². The third-order valence-corrected chi connectivity index (χ3v) is 2.16. The zero-order chi connectivity index (χ0) is 6.27. The monoisotopic (exact) mass is 127 g/mol. The van der Waals surface area contributed by atoms with E-state index in [2.05, 4.69) is 6.92 Å². The smallest absolute Gasteiger partial charge is 0.160 e. The molecule has 2 rings (SSSR count). The summed E-state index contributed by atoms with van der Waals surface area (Å²) in [5, 5.41) is 0. The molecule has 1 radical (unpaired) electrons. The third kappa shape index (κ3) is 0.775. The minimum atomic E-state index is 0.0903. The van der Waals surface area contributed by atoms with E-state index in [-0.39, 0.29) is 6.29 Å². The Hall–Kier alpha value is -0.0800. The van der Waals surface area contributed by atoms with Crippen molar-refractivity contribution >= 4 is 0 Å². The molecule has 2 fully saturated rings. The van der Waals surface area contributed by atoms with E-state index in [0.717, 1.165) is 19.6 Å². The summed E-state index contributed by atoms with van der Waals surface area (Å²) in [5.74, 6) is 1.06. The number of fused-ring (bicyclic) bond motifs is 1. The van der Waals surface area contributed by atoms with E-state index < -0.39 is 0 Å². The van der Waals surface area contributed by atoms with Crippen LogP contribution in [0.5, 0.6) is 0 Å². The lowest BCUT2D eigenvalue weighted by molar-refractivity contribution is -0.0905. The van der Waals surface area contributed by atoms with Crippen LogP contribution < -0.4 is 0 Å². The van der Waals surface area contributed by atoms with E-state index in [1.165, 1.54) is 0 Å². The summed E-state index contributed by atoms with van der Waals surface area (Å²) < 4.78 is 10.6. The highest BCUT2D eigenvalue weighted by molar-refractivity contribution is 4.83. The topological polar surface area (TPSA) is 18.5 Å². The van der Waals surface area contributed by atoms with Crippen molar-refractivity contribution in [3.63, 3.8) is 0 Å². The van der Waals surface area contributed by atoms with Crippen LogP contribution in [0.2, 0.25) is 0 Å². The summed E-state index contributed by atoms with van der Waals surface area (Å²) >= 11 is 0. The molecule has 2 heterocycles. The zero-order valence-corrected chi connectivity index (χ0v) is 5.38. The molecule has 0 amide bonds. The first kappa shape index (κ1) is 5.69. The maximum Gasteiger partial charge on any atom is 0.160 e. The third-order valence-electron chi connectivity index (χ3n) is 2.16. The molecule has 51 valence electrons. The van der Waals surface area contributed by atoms with Gasteiger partial charge in [-0.2, -0.15) is 0 Å². The van der Waals surface area contributed by atoms with E-state index >= 15 is 0 Å². The molecular formula is C7H11O2. The van der Waals surface area contributed by atoms with Crippen molar-refractivity contribution < 1.29 is 9.47 Å². The summed E-state index contributed by atoms with van der Waals surface area (Å²) in [5.41, 5.74) is 0. The van der Waals surface area contributed by atoms with Crippen LogP contribution >= 0.6 is 0 Å². The van der Waals surface area contributed by atoms with Crippen LogP contribution in [-0.2, 0) is 9.47 Å². The Morgan fingerprint density at radius 2 is 2.22 bits per heavy atom. The van der Waals surface area contributed by atoms with E-state index in [9.17, 15) is 0 Å². The van der Waals surface area contributed by atoms with Crippen LogP contribution in [0.3, 0.4) is 0 Å². The summed E-state index contributed by atoms with van der Waals surface area (Å²) in [7, 11) is 0. The van der Waals surface area contributed by atoms with Gasteiger partial charge in [-0.15, -0.1) is 0 Å². The lowest BCUT2D eigenvalue weighted by Gasteiger charge is -2.07. The number of rotatable bonds is 0.